The summed E-state index contributed by atoms with van der Waals surface area (Å²) in [6.07, 6.45) is 15.1. The molecule has 61 heavy (non-hydrogen) atoms. The first-order chi connectivity index (χ1) is 28.2. The van der Waals surface area contributed by atoms with E-state index in [-0.39, 0.29) is 69.2 Å². The Labute approximate surface area is 367 Å². The molecule has 13 nitrogen and oxygen atoms in total. The molecule has 0 saturated carbocycles. The minimum absolute atomic E-state index is 0. The summed E-state index contributed by atoms with van der Waals surface area (Å²) in [5.41, 5.74) is -0.904. The van der Waals surface area contributed by atoms with Gasteiger partial charge in [0.1, 0.15) is 24.3 Å². The number of allylic oxidation sites excluding steroid dienone is 3. The standard InChI is InChI=1S/2C17H20N4O.C13H18N2O.ClH/c2*1-16(2)13-6-8-21(14-5-7-19-11-20-14)10-17(13,3)9-12(18-4)15(16)22;1-12(2)10-5-6-15-8-13(10,3)7-9(14-4)11(12)16;/h2*5,7,9,11,13H,6,8,10H2,1-3H3;7,10,15H,5-6,8H2,1-3H3;1H/t2*13-,17+;10-,13+;/m100./s1. The second-order valence-electron chi connectivity index (χ2n) is 19.8. The SMILES string of the molecule is Cl.[C-]#[N+]C1=C[C@@]2(C)CN(c3ccncn3)CC[C@@H]2C(C)(C)C1=O.[C-]#[N+]C1=C[C@]2(C)CN(c3ccncn3)CC[C@H]2C(C)(C)C1=O.[C-]#[N+]C1=C[C@]2(C)CNCC[C@H]2C(C)(C)C1=O. The summed E-state index contributed by atoms with van der Waals surface area (Å²) in [5.74, 6) is 2.64. The first-order valence-electron chi connectivity index (χ1n) is 20.9. The van der Waals surface area contributed by atoms with Crippen LogP contribution in [0.4, 0.5) is 11.6 Å². The van der Waals surface area contributed by atoms with Crippen molar-refractivity contribution in [3.63, 3.8) is 0 Å². The summed E-state index contributed by atoms with van der Waals surface area (Å²) in [7, 11) is 0. The number of nitrogens with zero attached hydrogens (tertiary/aromatic N) is 9. The maximum absolute atomic E-state index is 12.5. The molecule has 322 valence electrons. The lowest BCUT2D eigenvalue weighted by Gasteiger charge is -2.53. The minimum atomic E-state index is -0.485. The highest BCUT2D eigenvalue weighted by Crippen LogP contribution is 2.54. The number of halogens is 1. The quantitative estimate of drug-likeness (QED) is 0.298. The molecule has 0 aromatic carbocycles. The Bertz CT molecular complexity index is 2130. The van der Waals surface area contributed by atoms with Crippen LogP contribution < -0.4 is 15.1 Å². The third-order valence-corrected chi connectivity index (χ3v) is 14.6. The number of carbonyl (C=O) groups excluding carboxylic acids is 3. The zero-order valence-electron chi connectivity index (χ0n) is 37.0. The van der Waals surface area contributed by atoms with Crippen molar-refractivity contribution >= 4 is 41.4 Å². The van der Waals surface area contributed by atoms with Gasteiger partial charge in [-0.3, -0.25) is 0 Å². The maximum atomic E-state index is 12.5. The van der Waals surface area contributed by atoms with E-state index in [1.54, 1.807) is 25.0 Å². The molecule has 3 aliphatic heterocycles. The van der Waals surface area contributed by atoms with Gasteiger partial charge in [-0.05, 0) is 71.9 Å². The molecule has 3 fully saturated rings. The number of aromatic nitrogens is 4. The van der Waals surface area contributed by atoms with E-state index in [0.29, 0.717) is 11.6 Å². The summed E-state index contributed by atoms with van der Waals surface area (Å²) in [5, 5.41) is 3.36. The Kier molecular flexibility index (Phi) is 13.2. The molecule has 2 aromatic rings. The summed E-state index contributed by atoms with van der Waals surface area (Å²) in [6.45, 7) is 45.2. The van der Waals surface area contributed by atoms with Crippen LogP contribution in [0.2, 0.25) is 0 Å². The van der Waals surface area contributed by atoms with Crippen LogP contribution in [0.5, 0.6) is 0 Å². The number of Topliss-reactive ketones (excluding diaryl/α,β-unsaturated/α-hetero) is 3. The number of carbonyl (C=O) groups is 3. The number of anilines is 2. The zero-order chi connectivity index (χ0) is 43.9. The minimum Gasteiger partial charge on any atom is -0.356 e. The van der Waals surface area contributed by atoms with E-state index in [1.807, 2.05) is 71.9 Å². The van der Waals surface area contributed by atoms with E-state index < -0.39 is 16.2 Å². The van der Waals surface area contributed by atoms with Gasteiger partial charge in [0.25, 0.3) is 0 Å². The third kappa shape index (κ3) is 8.50. The van der Waals surface area contributed by atoms with Crippen LogP contribution in [0.25, 0.3) is 14.5 Å². The summed E-state index contributed by atoms with van der Waals surface area (Å²) in [4.78, 5) is 68.6. The van der Waals surface area contributed by atoms with Crippen molar-refractivity contribution in [3.05, 3.63) is 107 Å². The van der Waals surface area contributed by atoms with E-state index in [1.165, 1.54) is 0 Å². The predicted octanol–water partition coefficient (Wildman–Crippen LogP) is 7.88. The zero-order valence-corrected chi connectivity index (χ0v) is 37.8. The molecule has 14 heteroatoms. The van der Waals surface area contributed by atoms with Crippen LogP contribution in [0.1, 0.15) is 81.6 Å². The van der Waals surface area contributed by atoms with Crippen LogP contribution in [0.15, 0.2) is 72.5 Å². The highest BCUT2D eigenvalue weighted by atomic mass is 35.5. The molecule has 6 atom stereocenters. The fourth-order valence-corrected chi connectivity index (χ4v) is 11.7. The summed E-state index contributed by atoms with van der Waals surface area (Å²) in [6, 6.07) is 3.81. The van der Waals surface area contributed by atoms with Crippen molar-refractivity contribution < 1.29 is 14.4 Å². The van der Waals surface area contributed by atoms with Gasteiger partial charge in [0.05, 0.1) is 19.7 Å². The van der Waals surface area contributed by atoms with Crippen LogP contribution in [0, 0.1) is 70.0 Å². The lowest BCUT2D eigenvalue weighted by atomic mass is 9.55. The Morgan fingerprint density at radius 1 is 0.590 bits per heavy atom. The molecule has 0 unspecified atom stereocenters. The Balaban J connectivity index is 0.000000174. The van der Waals surface area contributed by atoms with Gasteiger partial charge in [0, 0.05) is 61.4 Å². The molecule has 0 spiro atoms. The Hall–Kier alpha value is -5.29. The van der Waals surface area contributed by atoms with E-state index in [2.05, 4.69) is 70.4 Å². The monoisotopic (exact) mass is 846 g/mol. The van der Waals surface area contributed by atoms with Crippen molar-refractivity contribution in [2.75, 3.05) is 49.1 Å². The number of nitrogens with one attached hydrogen (secondary N) is 1. The van der Waals surface area contributed by atoms with Crippen LogP contribution >= 0.6 is 12.4 Å². The Morgan fingerprint density at radius 3 is 1.30 bits per heavy atom. The highest BCUT2D eigenvalue weighted by molar-refractivity contribution is 6.03. The lowest BCUT2D eigenvalue weighted by molar-refractivity contribution is -0.131. The van der Waals surface area contributed by atoms with Gasteiger partial charge in [-0.2, -0.15) is 0 Å². The van der Waals surface area contributed by atoms with Crippen molar-refractivity contribution in [3.8, 4) is 0 Å². The van der Waals surface area contributed by atoms with Crippen LogP contribution in [-0.2, 0) is 14.4 Å². The molecule has 8 rings (SSSR count). The molecule has 5 heterocycles. The van der Waals surface area contributed by atoms with E-state index >= 15 is 0 Å². The van der Waals surface area contributed by atoms with Gasteiger partial charge in [-0.25, -0.2) is 34.5 Å². The number of hydrogen-bond acceptors (Lipinski definition) is 10. The van der Waals surface area contributed by atoms with Crippen molar-refractivity contribution in [2.45, 2.75) is 81.6 Å². The molecule has 0 amide bonds. The highest BCUT2D eigenvalue weighted by Gasteiger charge is 2.55. The molecule has 1 N–H and O–H groups in total. The van der Waals surface area contributed by atoms with E-state index in [0.717, 1.165) is 70.2 Å². The largest absolute Gasteiger partial charge is 0.356 e. The summed E-state index contributed by atoms with van der Waals surface area (Å²) < 4.78 is 0. The molecular weight excluding hydrogens is 788 g/mol. The number of piperidine rings is 3. The second kappa shape index (κ2) is 17.2. The van der Waals surface area contributed by atoms with Crippen molar-refractivity contribution in [2.24, 2.45) is 50.2 Å². The van der Waals surface area contributed by atoms with Crippen molar-refractivity contribution in [1.29, 1.82) is 0 Å². The van der Waals surface area contributed by atoms with Crippen molar-refractivity contribution in [1.82, 2.24) is 25.3 Å². The van der Waals surface area contributed by atoms with Gasteiger partial charge >= 0.3 is 0 Å². The predicted molar refractivity (Wildman–Crippen MR) is 238 cm³/mol. The van der Waals surface area contributed by atoms with Gasteiger partial charge in [0.2, 0.25) is 17.1 Å². The van der Waals surface area contributed by atoms with Gasteiger partial charge in [-0.15, -0.1) is 12.4 Å². The molecule has 2 aromatic heterocycles. The fourth-order valence-electron chi connectivity index (χ4n) is 11.7. The Morgan fingerprint density at radius 2 is 0.951 bits per heavy atom. The van der Waals surface area contributed by atoms with Gasteiger partial charge < -0.3 is 29.5 Å². The van der Waals surface area contributed by atoms with Gasteiger partial charge in [-0.1, -0.05) is 80.5 Å². The first-order valence-corrected chi connectivity index (χ1v) is 20.9. The van der Waals surface area contributed by atoms with E-state index in [9.17, 15) is 14.4 Å². The average Bonchev–Trinajstić information content (AvgIpc) is 3.23. The van der Waals surface area contributed by atoms with Gasteiger partial charge in [0.15, 0.2) is 17.3 Å². The smallest absolute Gasteiger partial charge is 0.226 e. The second-order valence-corrected chi connectivity index (χ2v) is 19.8. The average molecular weight is 848 g/mol. The van der Waals surface area contributed by atoms with Crippen LogP contribution in [-0.4, -0.2) is 76.6 Å². The van der Waals surface area contributed by atoms with Crippen LogP contribution in [0.3, 0.4) is 0 Å². The first kappa shape index (κ1) is 46.8. The number of hydrogen-bond donors (Lipinski definition) is 1. The number of fused-ring (bicyclic) bond motifs is 3. The lowest BCUT2D eigenvalue weighted by Crippen LogP contribution is -2.55. The normalized spacial score (nSPS) is 31.6. The molecule has 6 aliphatic rings. The topological polar surface area (TPSA) is 134 Å². The molecule has 3 aliphatic carbocycles. The molecule has 0 bridgehead atoms. The molecular formula is C47H59ClN10O3. The number of rotatable bonds is 2. The molecule has 3 saturated heterocycles. The summed E-state index contributed by atoms with van der Waals surface area (Å²) >= 11 is 0. The third-order valence-electron chi connectivity index (χ3n) is 14.6. The molecule has 0 radical (unpaired) electrons. The maximum Gasteiger partial charge on any atom is 0.226 e. The fraction of sp³-hybridized carbons (Fsp3) is 0.574. The number of ketones is 3. The van der Waals surface area contributed by atoms with E-state index in [4.69, 9.17) is 19.7 Å².